The van der Waals surface area contributed by atoms with E-state index in [-0.39, 0.29) is 0 Å². The van der Waals surface area contributed by atoms with E-state index < -0.39 is 35.3 Å². The van der Waals surface area contributed by atoms with Gasteiger partial charge in [-0.25, -0.2) is 20.6 Å². The summed E-state index contributed by atoms with van der Waals surface area (Å²) in [6.45, 7) is 0. The van der Waals surface area contributed by atoms with Crippen LogP contribution in [-0.4, -0.2) is 29.2 Å². The molecular formula is C8H7F5N4O2. The van der Waals surface area contributed by atoms with E-state index in [0.717, 1.165) is 7.11 Å². The highest BCUT2D eigenvalue weighted by molar-refractivity contribution is 5.90. The molecule has 0 radical (unpaired) electrons. The summed E-state index contributed by atoms with van der Waals surface area (Å²) in [7, 11) is 0.812. The second-order valence-electron chi connectivity index (χ2n) is 3.16. The van der Waals surface area contributed by atoms with Crippen molar-refractivity contribution in [2.75, 3.05) is 12.5 Å². The number of nitrogens with one attached hydrogen (secondary N) is 1. The molecule has 0 atom stereocenters. The van der Waals surface area contributed by atoms with Crippen molar-refractivity contribution in [3.63, 3.8) is 0 Å². The number of nitrogens with zero attached hydrogens (tertiary/aromatic N) is 2. The Balaban J connectivity index is 3.50. The lowest BCUT2D eigenvalue weighted by Crippen LogP contribution is -2.36. The molecule has 0 aliphatic carbocycles. The molecule has 11 heteroatoms. The third-order valence-electron chi connectivity index (χ3n) is 1.98. The number of halogens is 5. The van der Waals surface area contributed by atoms with Crippen LogP contribution in [0.25, 0.3) is 0 Å². The van der Waals surface area contributed by atoms with Gasteiger partial charge in [0.2, 0.25) is 5.95 Å². The summed E-state index contributed by atoms with van der Waals surface area (Å²) in [4.78, 5) is 17.3. The number of esters is 1. The number of rotatable bonds is 3. The molecule has 0 unspecified atom stereocenters. The van der Waals surface area contributed by atoms with Gasteiger partial charge in [0, 0.05) is 6.20 Å². The van der Waals surface area contributed by atoms with E-state index in [0.29, 0.717) is 6.20 Å². The van der Waals surface area contributed by atoms with Gasteiger partial charge in [-0.3, -0.25) is 5.43 Å². The number of ether oxygens (including phenoxy) is 1. The highest BCUT2D eigenvalue weighted by atomic mass is 19.4. The van der Waals surface area contributed by atoms with Gasteiger partial charge in [0.05, 0.1) is 7.11 Å². The van der Waals surface area contributed by atoms with Crippen molar-refractivity contribution in [2.24, 2.45) is 5.84 Å². The fraction of sp³-hybridized carbons (Fsp3) is 0.375. The fourth-order valence-corrected chi connectivity index (χ4v) is 1.08. The standard InChI is InChI=1S/C8H7F5N4O2/c1-19-5(18)3-2-15-6(17-14)16-4(3)7(9,10)8(11,12)13/h2H,14H2,1H3,(H,15,16,17). The first-order valence-corrected chi connectivity index (χ1v) is 4.52. The number of hydrogen-bond donors (Lipinski definition) is 2. The van der Waals surface area contributed by atoms with Crippen LogP contribution in [0.4, 0.5) is 27.9 Å². The summed E-state index contributed by atoms with van der Waals surface area (Å²) in [5.41, 5.74) is -1.25. The maximum atomic E-state index is 13.2. The number of nitrogen functional groups attached to an aromatic ring is 1. The Kier molecular flexibility index (Phi) is 3.88. The lowest BCUT2D eigenvalue weighted by molar-refractivity contribution is -0.291. The van der Waals surface area contributed by atoms with E-state index in [4.69, 9.17) is 5.84 Å². The Morgan fingerprint density at radius 3 is 2.37 bits per heavy atom. The molecule has 1 heterocycles. The summed E-state index contributed by atoms with van der Waals surface area (Å²) >= 11 is 0. The monoisotopic (exact) mass is 286 g/mol. The lowest BCUT2D eigenvalue weighted by atomic mass is 10.1. The molecule has 0 bridgehead atoms. The molecule has 0 spiro atoms. The molecule has 19 heavy (non-hydrogen) atoms. The van der Waals surface area contributed by atoms with Crippen LogP contribution in [0.15, 0.2) is 6.20 Å². The Labute approximate surface area is 102 Å². The van der Waals surface area contributed by atoms with Crippen LogP contribution < -0.4 is 11.3 Å². The largest absolute Gasteiger partial charge is 0.465 e. The number of methoxy groups -OCH3 is 1. The van der Waals surface area contributed by atoms with Gasteiger partial charge in [-0.15, -0.1) is 0 Å². The number of hydrogen-bond acceptors (Lipinski definition) is 6. The highest BCUT2D eigenvalue weighted by Crippen LogP contribution is 2.44. The smallest absolute Gasteiger partial charge is 0.459 e. The molecule has 0 aliphatic heterocycles. The molecule has 1 aromatic rings. The Morgan fingerprint density at radius 1 is 1.37 bits per heavy atom. The summed E-state index contributed by atoms with van der Waals surface area (Å²) < 4.78 is 67.4. The zero-order valence-electron chi connectivity index (χ0n) is 9.26. The first kappa shape index (κ1) is 15.0. The zero-order chi connectivity index (χ0) is 14.8. The van der Waals surface area contributed by atoms with Gasteiger partial charge >= 0.3 is 18.1 Å². The van der Waals surface area contributed by atoms with Crippen molar-refractivity contribution in [1.29, 1.82) is 0 Å². The van der Waals surface area contributed by atoms with Gasteiger partial charge in [-0.05, 0) is 0 Å². The molecule has 1 aromatic heterocycles. The zero-order valence-corrected chi connectivity index (χ0v) is 9.26. The third kappa shape index (κ3) is 2.70. The van der Waals surface area contributed by atoms with E-state index in [9.17, 15) is 26.7 Å². The van der Waals surface area contributed by atoms with Crippen LogP contribution >= 0.6 is 0 Å². The molecule has 3 N–H and O–H groups in total. The van der Waals surface area contributed by atoms with Gasteiger partial charge in [0.15, 0.2) is 0 Å². The minimum atomic E-state index is -5.93. The van der Waals surface area contributed by atoms with Crippen LogP contribution in [0.5, 0.6) is 0 Å². The van der Waals surface area contributed by atoms with Crippen molar-refractivity contribution in [2.45, 2.75) is 12.1 Å². The highest BCUT2D eigenvalue weighted by Gasteiger charge is 2.61. The van der Waals surface area contributed by atoms with Crippen molar-refractivity contribution in [1.82, 2.24) is 9.97 Å². The van der Waals surface area contributed by atoms with Crippen LogP contribution in [0.2, 0.25) is 0 Å². The number of nitrogens with two attached hydrogens (primary N) is 1. The van der Waals surface area contributed by atoms with E-state index in [1.165, 1.54) is 0 Å². The predicted octanol–water partition coefficient (Wildman–Crippen LogP) is 1.20. The van der Waals surface area contributed by atoms with Crippen LogP contribution in [-0.2, 0) is 10.7 Å². The lowest BCUT2D eigenvalue weighted by Gasteiger charge is -2.20. The molecule has 0 amide bonds. The van der Waals surface area contributed by atoms with Crippen LogP contribution in [0.1, 0.15) is 16.1 Å². The predicted molar refractivity (Wildman–Crippen MR) is 51.1 cm³/mol. The SMILES string of the molecule is COC(=O)c1cnc(NN)nc1C(F)(F)C(F)(F)F. The summed E-state index contributed by atoms with van der Waals surface area (Å²) in [5.74, 6) is -2.67. The molecule has 1 rings (SSSR count). The molecular weight excluding hydrogens is 279 g/mol. The van der Waals surface area contributed by atoms with Gasteiger partial charge in [-0.1, -0.05) is 0 Å². The molecule has 106 valence electrons. The number of hydrazine groups is 1. The van der Waals surface area contributed by atoms with Gasteiger partial charge in [-0.2, -0.15) is 22.0 Å². The summed E-state index contributed by atoms with van der Waals surface area (Å²) in [6.07, 6.45) is -5.47. The maximum absolute atomic E-state index is 13.2. The Bertz CT molecular complexity index is 491. The van der Waals surface area contributed by atoms with Crippen molar-refractivity contribution >= 4 is 11.9 Å². The van der Waals surface area contributed by atoms with Crippen molar-refractivity contribution in [3.05, 3.63) is 17.5 Å². The molecule has 0 fully saturated rings. The second-order valence-corrected chi connectivity index (χ2v) is 3.16. The second kappa shape index (κ2) is 4.91. The van der Waals surface area contributed by atoms with E-state index in [1.54, 1.807) is 5.43 Å². The third-order valence-corrected chi connectivity index (χ3v) is 1.98. The number of aromatic nitrogens is 2. The fourth-order valence-electron chi connectivity index (χ4n) is 1.08. The van der Waals surface area contributed by atoms with Gasteiger partial charge in [0.1, 0.15) is 11.3 Å². The van der Waals surface area contributed by atoms with E-state index in [2.05, 4.69) is 14.7 Å². The van der Waals surface area contributed by atoms with E-state index >= 15 is 0 Å². The molecule has 6 nitrogen and oxygen atoms in total. The van der Waals surface area contributed by atoms with Crippen LogP contribution in [0.3, 0.4) is 0 Å². The minimum Gasteiger partial charge on any atom is -0.465 e. The topological polar surface area (TPSA) is 90.1 Å². The normalized spacial score (nSPS) is 12.2. The van der Waals surface area contributed by atoms with Crippen molar-refractivity contribution in [3.8, 4) is 0 Å². The number of carbonyl (C=O) groups is 1. The molecule has 0 aromatic carbocycles. The quantitative estimate of drug-likeness (QED) is 0.375. The first-order valence-electron chi connectivity index (χ1n) is 4.52. The minimum absolute atomic E-state index is 0.461. The molecule has 0 aliphatic rings. The Hall–Kier alpha value is -2.04. The summed E-state index contributed by atoms with van der Waals surface area (Å²) in [6, 6.07) is 0. The van der Waals surface area contributed by atoms with Crippen LogP contribution in [0, 0.1) is 0 Å². The molecule has 0 saturated heterocycles. The Morgan fingerprint density at radius 2 is 1.95 bits per heavy atom. The van der Waals surface area contributed by atoms with Gasteiger partial charge in [0.25, 0.3) is 0 Å². The number of anilines is 1. The van der Waals surface area contributed by atoms with Gasteiger partial charge < -0.3 is 4.74 Å². The average Bonchev–Trinajstić information content (AvgIpc) is 2.35. The number of carbonyl (C=O) groups excluding carboxylic acids is 1. The number of alkyl halides is 5. The first-order chi connectivity index (χ1) is 8.65. The average molecular weight is 286 g/mol. The van der Waals surface area contributed by atoms with Crippen molar-refractivity contribution < 1.29 is 31.5 Å². The maximum Gasteiger partial charge on any atom is 0.459 e. The summed E-state index contributed by atoms with van der Waals surface area (Å²) in [5, 5.41) is 0. The van der Waals surface area contributed by atoms with E-state index in [1.807, 2.05) is 0 Å². The molecule has 0 saturated carbocycles.